The fourth-order valence-corrected chi connectivity index (χ4v) is 1.91. The zero-order valence-corrected chi connectivity index (χ0v) is 11.2. The molecule has 1 heterocycles. The van der Waals surface area contributed by atoms with E-state index in [1.807, 2.05) is 40.0 Å². The second kappa shape index (κ2) is 5.31. The Labute approximate surface area is 102 Å². The van der Waals surface area contributed by atoms with Crippen molar-refractivity contribution in [3.05, 3.63) is 18.0 Å². The number of ether oxygens (including phenoxy) is 1. The SMILES string of the molecule is COC(=O)C(C)(Cn1ccc(C)n1)NC(C)C. The molecule has 5 nitrogen and oxygen atoms in total. The summed E-state index contributed by atoms with van der Waals surface area (Å²) in [5, 5.41) is 7.52. The van der Waals surface area contributed by atoms with Gasteiger partial charge in [-0.25, -0.2) is 4.79 Å². The van der Waals surface area contributed by atoms with Crippen molar-refractivity contribution in [2.75, 3.05) is 7.11 Å². The van der Waals surface area contributed by atoms with Gasteiger partial charge in [0.15, 0.2) is 0 Å². The zero-order chi connectivity index (χ0) is 13.1. The summed E-state index contributed by atoms with van der Waals surface area (Å²) in [5.74, 6) is -0.278. The molecule has 0 radical (unpaired) electrons. The molecule has 0 bridgehead atoms. The first-order valence-electron chi connectivity index (χ1n) is 5.73. The summed E-state index contributed by atoms with van der Waals surface area (Å²) in [4.78, 5) is 11.9. The number of hydrogen-bond donors (Lipinski definition) is 1. The van der Waals surface area contributed by atoms with Crippen LogP contribution < -0.4 is 5.32 Å². The van der Waals surface area contributed by atoms with Gasteiger partial charge in [0.05, 0.1) is 19.3 Å². The Bertz CT molecular complexity index is 387. The molecule has 0 saturated heterocycles. The lowest BCUT2D eigenvalue weighted by molar-refractivity contribution is -0.149. The molecule has 1 atom stereocenters. The molecule has 1 aromatic rings. The van der Waals surface area contributed by atoms with E-state index in [4.69, 9.17) is 4.74 Å². The lowest BCUT2D eigenvalue weighted by Crippen LogP contribution is -2.55. The van der Waals surface area contributed by atoms with E-state index in [1.165, 1.54) is 7.11 Å². The number of rotatable bonds is 5. The van der Waals surface area contributed by atoms with Gasteiger partial charge in [-0.1, -0.05) is 0 Å². The molecule has 17 heavy (non-hydrogen) atoms. The van der Waals surface area contributed by atoms with Gasteiger partial charge >= 0.3 is 5.97 Å². The maximum Gasteiger partial charge on any atom is 0.327 e. The van der Waals surface area contributed by atoms with Crippen molar-refractivity contribution in [1.82, 2.24) is 15.1 Å². The second-order valence-corrected chi connectivity index (χ2v) is 4.78. The van der Waals surface area contributed by atoms with Crippen molar-refractivity contribution in [2.45, 2.75) is 45.8 Å². The minimum Gasteiger partial charge on any atom is -0.468 e. The number of methoxy groups -OCH3 is 1. The van der Waals surface area contributed by atoms with Gasteiger partial charge < -0.3 is 4.74 Å². The van der Waals surface area contributed by atoms with Gasteiger partial charge in [0.25, 0.3) is 0 Å². The first kappa shape index (κ1) is 13.7. The first-order valence-corrected chi connectivity index (χ1v) is 5.73. The van der Waals surface area contributed by atoms with Gasteiger partial charge in [0, 0.05) is 12.2 Å². The molecule has 1 aromatic heterocycles. The molecule has 0 aliphatic carbocycles. The Morgan fingerprint density at radius 2 is 2.29 bits per heavy atom. The van der Waals surface area contributed by atoms with E-state index >= 15 is 0 Å². The molecule has 0 aliphatic rings. The molecule has 1 N–H and O–H groups in total. The van der Waals surface area contributed by atoms with Crippen molar-refractivity contribution < 1.29 is 9.53 Å². The Balaban J connectivity index is 2.87. The summed E-state index contributed by atoms with van der Waals surface area (Å²) in [6.07, 6.45) is 1.86. The van der Waals surface area contributed by atoms with E-state index < -0.39 is 5.54 Å². The largest absolute Gasteiger partial charge is 0.468 e. The van der Waals surface area contributed by atoms with Crippen molar-refractivity contribution in [2.24, 2.45) is 0 Å². The third-order valence-electron chi connectivity index (χ3n) is 2.50. The topological polar surface area (TPSA) is 56.2 Å². The Morgan fingerprint density at radius 3 is 2.71 bits per heavy atom. The number of hydrogen-bond acceptors (Lipinski definition) is 4. The van der Waals surface area contributed by atoms with Crippen LogP contribution in [-0.4, -0.2) is 34.4 Å². The Morgan fingerprint density at radius 1 is 1.65 bits per heavy atom. The molecule has 0 spiro atoms. The summed E-state index contributed by atoms with van der Waals surface area (Å²) >= 11 is 0. The van der Waals surface area contributed by atoms with Gasteiger partial charge in [-0.3, -0.25) is 10.00 Å². The third kappa shape index (κ3) is 3.56. The number of carbonyl (C=O) groups excluding carboxylic acids is 1. The van der Waals surface area contributed by atoms with E-state index in [-0.39, 0.29) is 12.0 Å². The predicted molar refractivity (Wildman–Crippen MR) is 65.7 cm³/mol. The lowest BCUT2D eigenvalue weighted by Gasteiger charge is -2.30. The molecule has 1 unspecified atom stereocenters. The third-order valence-corrected chi connectivity index (χ3v) is 2.50. The van der Waals surface area contributed by atoms with E-state index in [9.17, 15) is 4.79 Å². The van der Waals surface area contributed by atoms with E-state index in [0.717, 1.165) is 5.69 Å². The smallest absolute Gasteiger partial charge is 0.327 e. The fourth-order valence-electron chi connectivity index (χ4n) is 1.91. The number of esters is 1. The molecular formula is C12H21N3O2. The summed E-state index contributed by atoms with van der Waals surface area (Å²) in [6.45, 7) is 8.19. The molecule has 0 aromatic carbocycles. The van der Waals surface area contributed by atoms with Gasteiger partial charge in [-0.15, -0.1) is 0 Å². The molecule has 0 saturated carbocycles. The van der Waals surface area contributed by atoms with Crippen molar-refractivity contribution in [3.63, 3.8) is 0 Å². The van der Waals surface area contributed by atoms with Crippen LogP contribution in [0.3, 0.4) is 0 Å². The molecule has 0 aliphatic heterocycles. The molecule has 5 heteroatoms. The highest BCUT2D eigenvalue weighted by Crippen LogP contribution is 2.11. The highest BCUT2D eigenvalue weighted by atomic mass is 16.5. The zero-order valence-electron chi connectivity index (χ0n) is 11.2. The highest BCUT2D eigenvalue weighted by Gasteiger charge is 2.35. The molecule has 0 fully saturated rings. The lowest BCUT2D eigenvalue weighted by atomic mass is 10.0. The average molecular weight is 239 g/mol. The van der Waals surface area contributed by atoms with Crippen LogP contribution in [0.5, 0.6) is 0 Å². The summed E-state index contributed by atoms with van der Waals surface area (Å²) in [5.41, 5.74) is 0.170. The van der Waals surface area contributed by atoms with E-state index in [2.05, 4.69) is 10.4 Å². The van der Waals surface area contributed by atoms with Gasteiger partial charge in [0.2, 0.25) is 0 Å². The number of aryl methyl sites for hydroxylation is 1. The molecule has 0 amide bonds. The Kier molecular flexibility index (Phi) is 4.28. The van der Waals surface area contributed by atoms with Crippen LogP contribution in [0.4, 0.5) is 0 Å². The standard InChI is InChI=1S/C12H21N3O2/c1-9(2)13-12(4,11(16)17-5)8-15-7-6-10(3)14-15/h6-7,9,13H,8H2,1-5H3. The Hall–Kier alpha value is -1.36. The minimum absolute atomic E-state index is 0.191. The molecular weight excluding hydrogens is 218 g/mol. The van der Waals surface area contributed by atoms with Crippen LogP contribution in [0.25, 0.3) is 0 Å². The van der Waals surface area contributed by atoms with Crippen LogP contribution in [-0.2, 0) is 16.1 Å². The fraction of sp³-hybridized carbons (Fsp3) is 0.667. The molecule has 1 rings (SSSR count). The minimum atomic E-state index is -0.763. The van der Waals surface area contributed by atoms with Gasteiger partial charge in [-0.05, 0) is 33.8 Å². The van der Waals surface area contributed by atoms with Gasteiger partial charge in [0.1, 0.15) is 5.54 Å². The maximum atomic E-state index is 11.9. The quantitative estimate of drug-likeness (QED) is 0.782. The average Bonchev–Trinajstić information content (AvgIpc) is 2.61. The maximum absolute atomic E-state index is 11.9. The van der Waals surface area contributed by atoms with E-state index in [0.29, 0.717) is 6.54 Å². The van der Waals surface area contributed by atoms with Gasteiger partial charge in [-0.2, -0.15) is 5.10 Å². The highest BCUT2D eigenvalue weighted by molar-refractivity contribution is 5.80. The first-order chi connectivity index (χ1) is 7.87. The van der Waals surface area contributed by atoms with Crippen molar-refractivity contribution in [3.8, 4) is 0 Å². The number of carbonyl (C=O) groups is 1. The van der Waals surface area contributed by atoms with Crippen LogP contribution in [0.1, 0.15) is 26.5 Å². The second-order valence-electron chi connectivity index (χ2n) is 4.78. The number of nitrogens with one attached hydrogen (secondary N) is 1. The summed E-state index contributed by atoms with van der Waals surface area (Å²) in [6, 6.07) is 2.10. The van der Waals surface area contributed by atoms with Crippen LogP contribution in [0.2, 0.25) is 0 Å². The summed E-state index contributed by atoms with van der Waals surface area (Å²) < 4.78 is 6.60. The molecule has 96 valence electrons. The normalized spacial score (nSPS) is 14.7. The van der Waals surface area contributed by atoms with Crippen molar-refractivity contribution >= 4 is 5.97 Å². The predicted octanol–water partition coefficient (Wildman–Crippen LogP) is 1.12. The van der Waals surface area contributed by atoms with Crippen LogP contribution in [0.15, 0.2) is 12.3 Å². The number of aromatic nitrogens is 2. The van der Waals surface area contributed by atoms with E-state index in [1.54, 1.807) is 4.68 Å². The summed E-state index contributed by atoms with van der Waals surface area (Å²) in [7, 11) is 1.40. The number of nitrogens with zero attached hydrogens (tertiary/aromatic N) is 2. The monoisotopic (exact) mass is 239 g/mol. The van der Waals surface area contributed by atoms with Crippen molar-refractivity contribution in [1.29, 1.82) is 0 Å². The van der Waals surface area contributed by atoms with Crippen LogP contribution in [0, 0.1) is 6.92 Å². The van der Waals surface area contributed by atoms with Crippen LogP contribution >= 0.6 is 0 Å².